The van der Waals surface area contributed by atoms with Gasteiger partial charge in [0, 0.05) is 37.8 Å². The summed E-state index contributed by atoms with van der Waals surface area (Å²) >= 11 is 1.37. The highest BCUT2D eigenvalue weighted by Gasteiger charge is 2.52. The number of hydrogen-bond acceptors (Lipinski definition) is 8. The summed E-state index contributed by atoms with van der Waals surface area (Å²) in [4.78, 5) is 53.3. The predicted molar refractivity (Wildman–Crippen MR) is 166 cm³/mol. The van der Waals surface area contributed by atoms with Gasteiger partial charge in [-0.05, 0) is 42.5 Å². The molecule has 3 aromatic rings. The molecule has 3 N–H and O–H groups in total. The molecule has 5 rings (SSSR count). The maximum absolute atomic E-state index is 14.1. The van der Waals surface area contributed by atoms with E-state index in [4.69, 9.17) is 10.5 Å². The normalized spacial score (nSPS) is 19.6. The number of ketones is 1. The molecule has 0 radical (unpaired) electrons. The number of Topliss-reactive ketones (excluding diaryl/α,β-unsaturated/α-hetero) is 1. The van der Waals surface area contributed by atoms with Crippen molar-refractivity contribution in [3.63, 3.8) is 0 Å². The molecule has 1 amide bonds. The average molecular weight is 642 g/mol. The van der Waals surface area contributed by atoms with Gasteiger partial charge in [0.2, 0.25) is 11.8 Å². The summed E-state index contributed by atoms with van der Waals surface area (Å²) in [6, 6.07) is 4.81. The fourth-order valence-corrected chi connectivity index (χ4v) is 6.03. The van der Waals surface area contributed by atoms with Crippen LogP contribution in [0, 0.1) is 17.0 Å². The number of hydrogen-bond donors (Lipinski definition) is 2. The second kappa shape index (κ2) is 12.8. The van der Waals surface area contributed by atoms with E-state index in [1.165, 1.54) is 16.2 Å². The Hall–Kier alpha value is -4.00. The average Bonchev–Trinajstić information content (AvgIpc) is 3.35. The molecule has 0 bridgehead atoms. The maximum Gasteiger partial charge on any atom is 0.331 e. The minimum atomic E-state index is -1.28. The number of nitrogens with zero attached hydrogens (tertiary/aromatic N) is 4. The Morgan fingerprint density at radius 2 is 1.82 bits per heavy atom. The Balaban J connectivity index is 1.37. The number of aliphatic carboxylic acids is 1. The minimum Gasteiger partial charge on any atom is -0.479 e. The van der Waals surface area contributed by atoms with Crippen molar-refractivity contribution in [1.82, 2.24) is 14.9 Å². The molecule has 1 aliphatic heterocycles. The van der Waals surface area contributed by atoms with Crippen LogP contribution in [0.3, 0.4) is 0 Å². The van der Waals surface area contributed by atoms with Gasteiger partial charge in [0.25, 0.3) is 0 Å². The van der Waals surface area contributed by atoms with Crippen molar-refractivity contribution in [3.05, 3.63) is 41.3 Å². The van der Waals surface area contributed by atoms with Crippen LogP contribution < -0.4 is 10.5 Å². The van der Waals surface area contributed by atoms with Gasteiger partial charge in [-0.2, -0.15) is 0 Å². The molecule has 240 valence electrons. The molecule has 1 saturated heterocycles. The van der Waals surface area contributed by atoms with Crippen molar-refractivity contribution >= 4 is 45.9 Å². The minimum absolute atomic E-state index is 0.0243. The van der Waals surface area contributed by atoms with E-state index in [1.807, 2.05) is 11.4 Å². The van der Waals surface area contributed by atoms with Crippen LogP contribution in [0.4, 0.5) is 8.78 Å². The standard InChI is InChI=1S/C32H37F2N5O5S/c1-31(2,3)10-9-18(40)6-4-8-26(41)39-17-19(14-24(39)28(35)38-32(11-12-32)30(42)43)44-29-27(25-7-5-13-45-25)36-22-15-20(33)21(34)16-23(22)37-29/h5,7,13,15-16,19,24H,4,6,8-12,14,17H2,1-3H3,(H2,35,38)(H,42,43). The van der Waals surface area contributed by atoms with Gasteiger partial charge in [-0.1, -0.05) is 26.8 Å². The number of carbonyl (C=O) groups is 3. The highest BCUT2D eigenvalue weighted by atomic mass is 32.1. The van der Waals surface area contributed by atoms with Crippen LogP contribution in [0.15, 0.2) is 34.6 Å². The summed E-state index contributed by atoms with van der Waals surface area (Å²) in [6.45, 7) is 6.31. The van der Waals surface area contributed by atoms with Crippen molar-refractivity contribution in [3.8, 4) is 16.5 Å². The number of carboxylic acid groups (broad SMARTS) is 1. The molecule has 10 nitrogen and oxygen atoms in total. The van der Waals surface area contributed by atoms with Crippen LogP contribution in [0.1, 0.15) is 72.1 Å². The van der Waals surface area contributed by atoms with Crippen LogP contribution in [0.2, 0.25) is 0 Å². The lowest BCUT2D eigenvalue weighted by atomic mass is 9.89. The number of aromatic nitrogens is 2. The number of carbonyl (C=O) groups excluding carboxylic acids is 2. The van der Waals surface area contributed by atoms with Crippen LogP contribution in [-0.4, -0.2) is 67.7 Å². The molecule has 45 heavy (non-hydrogen) atoms. The van der Waals surface area contributed by atoms with E-state index >= 15 is 0 Å². The number of likely N-dealkylation sites (tertiary alicyclic amines) is 1. The maximum atomic E-state index is 14.1. The summed E-state index contributed by atoms with van der Waals surface area (Å²) in [5, 5.41) is 11.5. The molecule has 1 aliphatic carbocycles. The van der Waals surface area contributed by atoms with Crippen molar-refractivity contribution in [2.45, 2.75) is 89.8 Å². The third-order valence-corrected chi connectivity index (χ3v) is 8.97. The number of rotatable bonds is 12. The van der Waals surface area contributed by atoms with E-state index in [9.17, 15) is 28.3 Å². The Morgan fingerprint density at radius 3 is 2.42 bits per heavy atom. The van der Waals surface area contributed by atoms with Crippen LogP contribution >= 0.6 is 11.3 Å². The number of amides is 1. The zero-order valence-corrected chi connectivity index (χ0v) is 26.3. The predicted octanol–water partition coefficient (Wildman–Crippen LogP) is 5.52. The lowest BCUT2D eigenvalue weighted by Crippen LogP contribution is -2.45. The second-order valence-corrected chi connectivity index (χ2v) is 13.9. The van der Waals surface area contributed by atoms with Crippen molar-refractivity contribution in [1.29, 1.82) is 0 Å². The van der Waals surface area contributed by atoms with E-state index in [-0.39, 0.29) is 65.7 Å². The lowest BCUT2D eigenvalue weighted by molar-refractivity contribution is -0.139. The second-order valence-electron chi connectivity index (χ2n) is 13.0. The Kier molecular flexibility index (Phi) is 9.20. The molecular weight excluding hydrogens is 604 g/mol. The van der Waals surface area contributed by atoms with Gasteiger partial charge in [0.1, 0.15) is 23.4 Å². The SMILES string of the molecule is CC(C)(C)CCC(=O)CCCC(=O)N1CC(Oc2nc3cc(F)c(F)cc3nc2-c2cccs2)CC1C(N)=NC1(C(=O)O)CC1. The quantitative estimate of drug-likeness (QED) is 0.194. The molecule has 13 heteroatoms. The fourth-order valence-electron chi connectivity index (χ4n) is 5.32. The number of halogens is 2. The van der Waals surface area contributed by atoms with Crippen molar-refractivity contribution < 1.29 is 33.0 Å². The number of nitrogens with two attached hydrogens (primary N) is 1. The lowest BCUT2D eigenvalue weighted by Gasteiger charge is -2.24. The van der Waals surface area contributed by atoms with Gasteiger partial charge >= 0.3 is 5.97 Å². The van der Waals surface area contributed by atoms with E-state index in [1.54, 1.807) is 6.07 Å². The van der Waals surface area contributed by atoms with Gasteiger partial charge in [0.05, 0.1) is 28.5 Å². The first-order valence-corrected chi connectivity index (χ1v) is 15.9. The molecule has 2 aromatic heterocycles. The van der Waals surface area contributed by atoms with E-state index in [0.717, 1.165) is 18.6 Å². The highest BCUT2D eigenvalue weighted by Crippen LogP contribution is 2.41. The molecule has 2 atom stereocenters. The zero-order chi connectivity index (χ0) is 32.5. The number of ether oxygens (including phenoxy) is 1. The first-order chi connectivity index (χ1) is 21.2. The van der Waals surface area contributed by atoms with Gasteiger partial charge in [-0.15, -0.1) is 11.3 Å². The highest BCUT2D eigenvalue weighted by molar-refractivity contribution is 7.13. The van der Waals surface area contributed by atoms with Gasteiger partial charge in [0.15, 0.2) is 17.2 Å². The van der Waals surface area contributed by atoms with Crippen molar-refractivity contribution in [2.24, 2.45) is 16.1 Å². The molecular formula is C32H37F2N5O5S. The van der Waals surface area contributed by atoms with Crippen LogP contribution in [0.5, 0.6) is 5.88 Å². The topological polar surface area (TPSA) is 148 Å². The number of amidine groups is 1. The van der Waals surface area contributed by atoms with E-state index in [2.05, 4.69) is 35.7 Å². The van der Waals surface area contributed by atoms with Gasteiger partial charge < -0.3 is 20.5 Å². The monoisotopic (exact) mass is 641 g/mol. The number of aliphatic imine (C=N–C) groups is 1. The Labute approximate surface area is 263 Å². The summed E-state index contributed by atoms with van der Waals surface area (Å²) in [5.41, 5.74) is 5.72. The summed E-state index contributed by atoms with van der Waals surface area (Å²) in [6.07, 6.45) is 2.23. The van der Waals surface area contributed by atoms with Crippen LogP contribution in [0.25, 0.3) is 21.6 Å². The number of fused-ring (bicyclic) bond motifs is 1. The first-order valence-electron chi connectivity index (χ1n) is 15.0. The number of benzene rings is 1. The summed E-state index contributed by atoms with van der Waals surface area (Å²) in [7, 11) is 0. The van der Waals surface area contributed by atoms with E-state index < -0.39 is 35.3 Å². The van der Waals surface area contributed by atoms with Gasteiger partial charge in [-0.25, -0.2) is 23.5 Å². The third-order valence-electron chi connectivity index (χ3n) is 8.10. The molecule has 2 aliphatic rings. The number of carboxylic acids is 1. The molecule has 3 heterocycles. The van der Waals surface area contributed by atoms with Crippen LogP contribution in [-0.2, 0) is 14.4 Å². The van der Waals surface area contributed by atoms with Gasteiger partial charge in [-0.3, -0.25) is 14.6 Å². The smallest absolute Gasteiger partial charge is 0.331 e. The first kappa shape index (κ1) is 32.4. The summed E-state index contributed by atoms with van der Waals surface area (Å²) in [5.74, 6) is -3.24. The zero-order valence-electron chi connectivity index (χ0n) is 25.5. The molecule has 2 unspecified atom stereocenters. The van der Waals surface area contributed by atoms with E-state index in [0.29, 0.717) is 36.3 Å². The molecule has 2 fully saturated rings. The molecule has 1 saturated carbocycles. The molecule has 0 spiro atoms. The Bertz CT molecular complexity index is 1630. The fraction of sp³-hybridized carbons (Fsp3) is 0.500. The third kappa shape index (κ3) is 7.63. The van der Waals surface area contributed by atoms with Crippen molar-refractivity contribution in [2.75, 3.05) is 6.54 Å². The summed E-state index contributed by atoms with van der Waals surface area (Å²) < 4.78 is 34.4. The number of thiophene rings is 1. The molecule has 1 aromatic carbocycles. The Morgan fingerprint density at radius 1 is 1.13 bits per heavy atom. The largest absolute Gasteiger partial charge is 0.479 e.